The van der Waals surface area contributed by atoms with E-state index in [1.165, 1.54) is 12.1 Å². The van der Waals surface area contributed by atoms with Crippen LogP contribution in [-0.4, -0.2) is 24.7 Å². The first-order valence-corrected chi connectivity index (χ1v) is 7.47. The summed E-state index contributed by atoms with van der Waals surface area (Å²) in [6, 6.07) is 11.0. The number of benzene rings is 1. The van der Waals surface area contributed by atoms with Crippen LogP contribution in [0.4, 0.5) is 13.2 Å². The Labute approximate surface area is 132 Å². The van der Waals surface area contributed by atoms with Crippen molar-refractivity contribution in [2.45, 2.75) is 18.7 Å². The second kappa shape index (κ2) is 6.68. The van der Waals surface area contributed by atoms with Crippen molar-refractivity contribution in [2.24, 2.45) is 0 Å². The molecule has 0 spiro atoms. The second-order valence-electron chi connectivity index (χ2n) is 5.45. The summed E-state index contributed by atoms with van der Waals surface area (Å²) >= 11 is 0. The Morgan fingerprint density at radius 3 is 2.70 bits per heavy atom. The third-order valence-corrected chi connectivity index (χ3v) is 3.78. The Balaban J connectivity index is 1.84. The van der Waals surface area contributed by atoms with Gasteiger partial charge in [-0.25, -0.2) is 0 Å². The van der Waals surface area contributed by atoms with Gasteiger partial charge in [0.2, 0.25) is 0 Å². The number of hydrogen-bond donors (Lipinski definition) is 1. The van der Waals surface area contributed by atoms with Crippen LogP contribution in [0.3, 0.4) is 0 Å². The molecule has 1 atom stereocenters. The van der Waals surface area contributed by atoms with E-state index < -0.39 is 11.7 Å². The smallest absolute Gasteiger partial charge is 0.369 e. The summed E-state index contributed by atoms with van der Waals surface area (Å²) in [5, 5.41) is 3.22. The van der Waals surface area contributed by atoms with Gasteiger partial charge in [-0.1, -0.05) is 24.3 Å². The molecule has 122 valence electrons. The van der Waals surface area contributed by atoms with E-state index in [1.54, 1.807) is 12.1 Å². The van der Waals surface area contributed by atoms with Crippen molar-refractivity contribution in [3.05, 3.63) is 65.0 Å². The van der Waals surface area contributed by atoms with Gasteiger partial charge >= 0.3 is 6.18 Å². The summed E-state index contributed by atoms with van der Waals surface area (Å²) < 4.78 is 44.9. The monoisotopic (exact) mass is 322 g/mol. The van der Waals surface area contributed by atoms with Gasteiger partial charge in [-0.2, -0.15) is 13.2 Å². The van der Waals surface area contributed by atoms with Crippen molar-refractivity contribution in [1.29, 1.82) is 0 Å². The van der Waals surface area contributed by atoms with Gasteiger partial charge in [-0.3, -0.25) is 4.98 Å². The number of alkyl halides is 3. The number of pyridine rings is 1. The summed E-state index contributed by atoms with van der Waals surface area (Å²) in [6.45, 7) is 2.07. The molecule has 1 aromatic heterocycles. The van der Waals surface area contributed by atoms with Crippen LogP contribution in [0.1, 0.15) is 28.6 Å². The van der Waals surface area contributed by atoms with E-state index >= 15 is 0 Å². The maximum Gasteiger partial charge on any atom is 0.416 e. The molecule has 3 nitrogen and oxygen atoms in total. The van der Waals surface area contributed by atoms with Crippen molar-refractivity contribution < 1.29 is 17.9 Å². The van der Waals surface area contributed by atoms with Crippen LogP contribution in [0, 0.1) is 0 Å². The first-order valence-electron chi connectivity index (χ1n) is 7.47. The molecule has 1 fully saturated rings. The third-order valence-electron chi connectivity index (χ3n) is 3.78. The van der Waals surface area contributed by atoms with E-state index in [0.717, 1.165) is 18.3 Å². The number of nitrogens with zero attached hydrogens (tertiary/aromatic N) is 1. The molecule has 23 heavy (non-hydrogen) atoms. The minimum Gasteiger partial charge on any atom is -0.369 e. The third kappa shape index (κ3) is 3.89. The summed E-state index contributed by atoms with van der Waals surface area (Å²) in [7, 11) is 0. The zero-order chi connectivity index (χ0) is 16.3. The van der Waals surface area contributed by atoms with Crippen LogP contribution in [0.5, 0.6) is 0 Å². The molecular weight excluding hydrogens is 305 g/mol. The van der Waals surface area contributed by atoms with Gasteiger partial charge in [0.1, 0.15) is 6.10 Å². The molecule has 1 aliphatic rings. The highest BCUT2D eigenvalue weighted by Crippen LogP contribution is 2.32. The Morgan fingerprint density at radius 1 is 1.13 bits per heavy atom. The average Bonchev–Trinajstić information content (AvgIpc) is 2.55. The predicted octanol–water partition coefficient (Wildman–Crippen LogP) is 3.35. The number of nitrogens with one attached hydrogen (secondary N) is 1. The maximum atomic E-state index is 13.1. The topological polar surface area (TPSA) is 34.1 Å². The Kier molecular flexibility index (Phi) is 4.63. The molecule has 0 amide bonds. The predicted molar refractivity (Wildman–Crippen MR) is 80.0 cm³/mol. The molecule has 1 aromatic carbocycles. The largest absolute Gasteiger partial charge is 0.416 e. The fourth-order valence-electron chi connectivity index (χ4n) is 2.68. The molecule has 0 saturated carbocycles. The van der Waals surface area contributed by atoms with Gasteiger partial charge in [0.05, 0.1) is 17.9 Å². The SMILES string of the molecule is FC(F)(F)c1ccccc1Cc1cccc(C2CNCCO2)n1. The summed E-state index contributed by atoms with van der Waals surface area (Å²) in [5.41, 5.74) is 0.975. The van der Waals surface area contributed by atoms with Crippen molar-refractivity contribution in [1.82, 2.24) is 10.3 Å². The highest BCUT2D eigenvalue weighted by atomic mass is 19.4. The summed E-state index contributed by atoms with van der Waals surface area (Å²) in [5.74, 6) is 0. The van der Waals surface area contributed by atoms with Gasteiger partial charge in [-0.05, 0) is 23.8 Å². The van der Waals surface area contributed by atoms with Crippen molar-refractivity contribution in [3.63, 3.8) is 0 Å². The van der Waals surface area contributed by atoms with Gasteiger partial charge < -0.3 is 10.1 Å². The minimum atomic E-state index is -4.36. The van der Waals surface area contributed by atoms with Crippen LogP contribution < -0.4 is 5.32 Å². The number of rotatable bonds is 3. The highest BCUT2D eigenvalue weighted by Gasteiger charge is 2.32. The first kappa shape index (κ1) is 16.0. The normalized spacial score (nSPS) is 18.8. The maximum absolute atomic E-state index is 13.1. The van der Waals surface area contributed by atoms with E-state index in [9.17, 15) is 13.2 Å². The standard InChI is InChI=1S/C17H17F3N2O/c18-17(19,20)14-6-2-1-4-12(14)10-13-5-3-7-15(22-13)16-11-21-8-9-23-16/h1-7,16,21H,8-11H2. The number of morpholine rings is 1. The van der Waals surface area contributed by atoms with Crippen molar-refractivity contribution >= 4 is 0 Å². The molecule has 2 aromatic rings. The van der Waals surface area contributed by atoms with Crippen LogP contribution in [-0.2, 0) is 17.3 Å². The summed E-state index contributed by atoms with van der Waals surface area (Å²) in [4.78, 5) is 4.48. The second-order valence-corrected chi connectivity index (χ2v) is 5.45. The fourth-order valence-corrected chi connectivity index (χ4v) is 2.68. The molecule has 0 aliphatic carbocycles. The molecule has 3 rings (SSSR count). The molecule has 1 N–H and O–H groups in total. The van der Waals surface area contributed by atoms with E-state index in [0.29, 0.717) is 18.8 Å². The Morgan fingerprint density at radius 2 is 1.96 bits per heavy atom. The lowest BCUT2D eigenvalue weighted by atomic mass is 10.0. The zero-order valence-electron chi connectivity index (χ0n) is 12.4. The lowest BCUT2D eigenvalue weighted by molar-refractivity contribution is -0.138. The lowest BCUT2D eigenvalue weighted by Crippen LogP contribution is -2.33. The van der Waals surface area contributed by atoms with Crippen LogP contribution in [0.15, 0.2) is 42.5 Å². The first-order chi connectivity index (χ1) is 11.0. The average molecular weight is 322 g/mol. The van der Waals surface area contributed by atoms with Gasteiger partial charge in [0.25, 0.3) is 0 Å². The Hall–Kier alpha value is -1.92. The summed E-state index contributed by atoms with van der Waals surface area (Å²) in [6.07, 6.45) is -4.37. The molecule has 1 unspecified atom stereocenters. The number of aromatic nitrogens is 1. The highest BCUT2D eigenvalue weighted by molar-refractivity contribution is 5.33. The number of halogens is 3. The molecule has 1 saturated heterocycles. The van der Waals surface area contributed by atoms with Gasteiger partial charge in [0, 0.05) is 25.2 Å². The Bertz CT molecular complexity index is 667. The van der Waals surface area contributed by atoms with E-state index in [4.69, 9.17) is 4.74 Å². The van der Waals surface area contributed by atoms with E-state index in [-0.39, 0.29) is 18.1 Å². The van der Waals surface area contributed by atoms with Gasteiger partial charge in [0.15, 0.2) is 0 Å². The molecule has 0 bridgehead atoms. The number of ether oxygens (including phenoxy) is 1. The van der Waals surface area contributed by atoms with Crippen molar-refractivity contribution in [2.75, 3.05) is 19.7 Å². The van der Waals surface area contributed by atoms with Crippen LogP contribution >= 0.6 is 0 Å². The number of hydrogen-bond acceptors (Lipinski definition) is 3. The lowest BCUT2D eigenvalue weighted by Gasteiger charge is -2.23. The van der Waals surface area contributed by atoms with Crippen molar-refractivity contribution in [3.8, 4) is 0 Å². The molecular formula is C17H17F3N2O. The van der Waals surface area contributed by atoms with E-state index in [2.05, 4.69) is 10.3 Å². The quantitative estimate of drug-likeness (QED) is 0.941. The molecule has 6 heteroatoms. The van der Waals surface area contributed by atoms with Gasteiger partial charge in [-0.15, -0.1) is 0 Å². The van der Waals surface area contributed by atoms with E-state index in [1.807, 2.05) is 12.1 Å². The molecule has 2 heterocycles. The fraction of sp³-hybridized carbons (Fsp3) is 0.353. The molecule has 0 radical (unpaired) electrons. The molecule has 1 aliphatic heterocycles. The van der Waals surface area contributed by atoms with Crippen LogP contribution in [0.25, 0.3) is 0 Å². The minimum absolute atomic E-state index is 0.143. The van der Waals surface area contributed by atoms with Crippen LogP contribution in [0.2, 0.25) is 0 Å². The zero-order valence-corrected chi connectivity index (χ0v) is 12.4.